The van der Waals surface area contributed by atoms with Crippen molar-refractivity contribution in [2.75, 3.05) is 12.3 Å². The molecule has 1 saturated heterocycles. The summed E-state index contributed by atoms with van der Waals surface area (Å²) in [6.07, 6.45) is -4.80. The number of anilines is 1. The van der Waals surface area contributed by atoms with E-state index in [-0.39, 0.29) is 42.8 Å². The standard InChI is InChI=1S/C23H24FN5O9.CH4/c24-15-17(32)13(38-20(15)29-10-28-16-18(25)26-9-27-19(16)29)8-37-23(21(33)34,22(35)36)7-12-3-1-11(2-4-12)5-6-14(30)31;/h1-4,9-10,13,15,17,20,32H,5-8H2,(H,30,31)(H,33,34)(H,35,36)(H2,25,26,27);1H4/t13-,15+,17-,20-;/m1./s1. The highest BCUT2D eigenvalue weighted by molar-refractivity contribution is 6.02. The van der Waals surface area contributed by atoms with Crippen molar-refractivity contribution >= 4 is 34.9 Å². The van der Waals surface area contributed by atoms with Crippen molar-refractivity contribution in [2.24, 2.45) is 0 Å². The van der Waals surface area contributed by atoms with Crippen LogP contribution in [0.15, 0.2) is 36.9 Å². The van der Waals surface area contributed by atoms with Gasteiger partial charge in [0, 0.05) is 12.8 Å². The van der Waals surface area contributed by atoms with Crippen molar-refractivity contribution in [3.05, 3.63) is 48.0 Å². The van der Waals surface area contributed by atoms with Crippen LogP contribution in [0.5, 0.6) is 0 Å². The number of aryl methyl sites for hydroxylation is 1. The van der Waals surface area contributed by atoms with E-state index in [4.69, 9.17) is 20.3 Å². The lowest BCUT2D eigenvalue weighted by Gasteiger charge is -2.27. The summed E-state index contributed by atoms with van der Waals surface area (Å²) in [5, 5.41) is 38.8. The maximum absolute atomic E-state index is 15.0. The largest absolute Gasteiger partial charge is 0.481 e. The number of hydrogen-bond acceptors (Lipinski definition) is 10. The first-order chi connectivity index (χ1) is 18.0. The molecule has 4 atom stereocenters. The SMILES string of the molecule is C.Nc1ncnc2c1ncn2[C@@H]1O[C@H](COC(Cc2ccc(CCC(=O)O)cc2)(C(=O)O)C(=O)O)[C@@H](O)[C@@H]1F. The van der Waals surface area contributed by atoms with Gasteiger partial charge in [-0.15, -0.1) is 0 Å². The zero-order valence-electron chi connectivity index (χ0n) is 19.7. The number of imidazole rings is 1. The number of fused-ring (bicyclic) bond motifs is 1. The highest BCUT2D eigenvalue weighted by Gasteiger charge is 2.52. The molecule has 3 aromatic rings. The van der Waals surface area contributed by atoms with Crippen LogP contribution in [0, 0.1) is 0 Å². The van der Waals surface area contributed by atoms with Gasteiger partial charge in [-0.2, -0.15) is 0 Å². The van der Waals surface area contributed by atoms with Crippen LogP contribution in [0.3, 0.4) is 0 Å². The molecule has 210 valence electrons. The van der Waals surface area contributed by atoms with E-state index in [2.05, 4.69) is 15.0 Å². The Morgan fingerprint density at radius 1 is 1.08 bits per heavy atom. The molecule has 2 aromatic heterocycles. The highest BCUT2D eigenvalue weighted by Crippen LogP contribution is 2.35. The van der Waals surface area contributed by atoms with E-state index < -0.39 is 61.1 Å². The van der Waals surface area contributed by atoms with Gasteiger partial charge in [-0.05, 0) is 17.5 Å². The molecule has 0 amide bonds. The van der Waals surface area contributed by atoms with E-state index in [1.54, 1.807) is 12.1 Å². The summed E-state index contributed by atoms with van der Waals surface area (Å²) in [6.45, 7) is -0.767. The number of hydrogen-bond donors (Lipinski definition) is 5. The van der Waals surface area contributed by atoms with Gasteiger partial charge in [0.05, 0.1) is 12.9 Å². The van der Waals surface area contributed by atoms with Crippen LogP contribution in [0.25, 0.3) is 11.2 Å². The molecule has 0 radical (unpaired) electrons. The molecule has 6 N–H and O–H groups in total. The number of nitrogens with two attached hydrogens (primary N) is 1. The summed E-state index contributed by atoms with van der Waals surface area (Å²) in [6, 6.07) is 6.04. The van der Waals surface area contributed by atoms with E-state index in [1.807, 2.05) is 0 Å². The summed E-state index contributed by atoms with van der Waals surface area (Å²) in [4.78, 5) is 46.8. The molecule has 0 aliphatic carbocycles. The number of aliphatic carboxylic acids is 3. The monoisotopic (exact) mass is 549 g/mol. The second-order valence-electron chi connectivity index (χ2n) is 8.72. The third kappa shape index (κ3) is 5.79. The average Bonchev–Trinajstić information content (AvgIpc) is 3.42. The number of halogens is 1. The van der Waals surface area contributed by atoms with E-state index in [0.29, 0.717) is 5.56 Å². The van der Waals surface area contributed by atoms with Gasteiger partial charge in [-0.3, -0.25) is 9.36 Å². The first-order valence-electron chi connectivity index (χ1n) is 11.3. The molecule has 3 heterocycles. The Labute approximate surface area is 220 Å². The number of carbonyl (C=O) groups is 3. The minimum atomic E-state index is -2.78. The minimum absolute atomic E-state index is 0. The van der Waals surface area contributed by atoms with Crippen LogP contribution in [0.4, 0.5) is 10.2 Å². The molecule has 1 aliphatic heterocycles. The van der Waals surface area contributed by atoms with Crippen molar-refractivity contribution in [3.8, 4) is 0 Å². The van der Waals surface area contributed by atoms with Gasteiger partial charge >= 0.3 is 17.9 Å². The topological polar surface area (TPSA) is 220 Å². The molecule has 0 unspecified atom stereocenters. The molecule has 39 heavy (non-hydrogen) atoms. The maximum atomic E-state index is 15.0. The van der Waals surface area contributed by atoms with Crippen molar-refractivity contribution in [2.45, 2.75) is 56.9 Å². The Bertz CT molecular complexity index is 1340. The number of aromatic nitrogens is 4. The van der Waals surface area contributed by atoms with Crippen LogP contribution < -0.4 is 5.73 Å². The first-order valence-corrected chi connectivity index (χ1v) is 11.3. The molecular formula is C24H28FN5O9. The summed E-state index contributed by atoms with van der Waals surface area (Å²) in [5.74, 6) is -4.56. The lowest BCUT2D eigenvalue weighted by molar-refractivity contribution is -0.190. The smallest absolute Gasteiger partial charge is 0.348 e. The molecule has 15 heteroatoms. The molecule has 1 aliphatic rings. The van der Waals surface area contributed by atoms with Gasteiger partial charge in [0.15, 0.2) is 23.9 Å². The van der Waals surface area contributed by atoms with E-state index in [0.717, 1.165) is 6.33 Å². The van der Waals surface area contributed by atoms with Crippen LogP contribution in [-0.4, -0.2) is 88.4 Å². The number of ether oxygens (including phenoxy) is 2. The molecule has 0 saturated carbocycles. The second-order valence-corrected chi connectivity index (χ2v) is 8.72. The van der Waals surface area contributed by atoms with Gasteiger partial charge < -0.3 is 35.6 Å². The van der Waals surface area contributed by atoms with E-state index >= 15 is 4.39 Å². The van der Waals surface area contributed by atoms with Crippen molar-refractivity contribution in [1.82, 2.24) is 19.5 Å². The lowest BCUT2D eigenvalue weighted by atomic mass is 9.93. The average molecular weight is 550 g/mol. The van der Waals surface area contributed by atoms with Crippen LogP contribution in [-0.2, 0) is 36.7 Å². The normalized spacial score (nSPS) is 21.0. The fourth-order valence-electron chi connectivity index (χ4n) is 4.13. The van der Waals surface area contributed by atoms with Gasteiger partial charge in [0.25, 0.3) is 5.60 Å². The Morgan fingerprint density at radius 3 is 2.33 bits per heavy atom. The summed E-state index contributed by atoms with van der Waals surface area (Å²) >= 11 is 0. The fourth-order valence-corrected chi connectivity index (χ4v) is 4.13. The lowest BCUT2D eigenvalue weighted by Crippen LogP contribution is -2.52. The number of nitrogens with zero attached hydrogens (tertiary/aromatic N) is 4. The zero-order valence-corrected chi connectivity index (χ0v) is 19.7. The quantitative estimate of drug-likeness (QED) is 0.209. The summed E-state index contributed by atoms with van der Waals surface area (Å²) in [7, 11) is 0. The van der Waals surface area contributed by atoms with Crippen molar-refractivity contribution in [1.29, 1.82) is 0 Å². The summed E-state index contributed by atoms with van der Waals surface area (Å²) < 4.78 is 27.1. The number of nitrogen functional groups attached to an aromatic ring is 1. The maximum Gasteiger partial charge on any atom is 0.348 e. The highest BCUT2D eigenvalue weighted by atomic mass is 19.1. The summed E-state index contributed by atoms with van der Waals surface area (Å²) in [5.41, 5.74) is 4.23. The minimum Gasteiger partial charge on any atom is -0.481 e. The molecule has 1 fully saturated rings. The Morgan fingerprint density at radius 2 is 1.72 bits per heavy atom. The predicted octanol–water partition coefficient (Wildman–Crippen LogP) is 0.826. The fraction of sp³-hybridized carbons (Fsp3) is 0.417. The Hall–Kier alpha value is -4.21. The third-order valence-corrected chi connectivity index (χ3v) is 6.24. The van der Waals surface area contributed by atoms with Crippen molar-refractivity contribution in [3.63, 3.8) is 0 Å². The van der Waals surface area contributed by atoms with Crippen LogP contribution >= 0.6 is 0 Å². The first kappa shape index (κ1) is 29.3. The van der Waals surface area contributed by atoms with Crippen molar-refractivity contribution < 1.29 is 48.7 Å². The molecule has 1 aromatic carbocycles. The number of rotatable bonds is 11. The number of aliphatic hydroxyl groups is 1. The Kier molecular flexibility index (Phi) is 8.78. The molecule has 0 bridgehead atoms. The number of aliphatic hydroxyl groups excluding tert-OH is 1. The molecule has 0 spiro atoms. The van der Waals surface area contributed by atoms with E-state index in [1.165, 1.54) is 23.0 Å². The number of benzene rings is 1. The van der Waals surface area contributed by atoms with Crippen LogP contribution in [0.2, 0.25) is 0 Å². The number of carboxylic acid groups (broad SMARTS) is 3. The van der Waals surface area contributed by atoms with Gasteiger partial charge in [-0.25, -0.2) is 28.9 Å². The number of alkyl halides is 1. The van der Waals surface area contributed by atoms with Gasteiger partial charge in [0.2, 0.25) is 0 Å². The third-order valence-electron chi connectivity index (χ3n) is 6.24. The van der Waals surface area contributed by atoms with Gasteiger partial charge in [-0.1, -0.05) is 31.7 Å². The van der Waals surface area contributed by atoms with E-state index in [9.17, 15) is 29.7 Å². The second kappa shape index (κ2) is 11.7. The molecule has 4 rings (SSSR count). The zero-order chi connectivity index (χ0) is 27.6. The predicted molar refractivity (Wildman–Crippen MR) is 131 cm³/mol. The number of carboxylic acids is 3. The Balaban J connectivity index is 0.00000420. The van der Waals surface area contributed by atoms with Crippen LogP contribution in [0.1, 0.15) is 31.2 Å². The molecular weight excluding hydrogens is 521 g/mol. The molecule has 14 nitrogen and oxygen atoms in total. The van der Waals surface area contributed by atoms with Gasteiger partial charge in [0.1, 0.15) is 24.1 Å².